The first-order chi connectivity index (χ1) is 18.0. The van der Waals surface area contributed by atoms with Crippen LogP contribution in [0.1, 0.15) is 48.2 Å². The van der Waals surface area contributed by atoms with Gasteiger partial charge >= 0.3 is 0 Å². The Labute approximate surface area is 217 Å². The van der Waals surface area contributed by atoms with Gasteiger partial charge in [0.2, 0.25) is 0 Å². The topological polar surface area (TPSA) is 73.0 Å². The number of amides is 3. The molecule has 0 spiro atoms. The highest BCUT2D eigenvalue weighted by atomic mass is 16.2. The third-order valence-electron chi connectivity index (χ3n) is 7.24. The first-order valence-corrected chi connectivity index (χ1v) is 12.8. The molecule has 1 unspecified atom stereocenters. The van der Waals surface area contributed by atoms with Crippen molar-refractivity contribution in [2.45, 2.75) is 12.5 Å². The molecule has 3 aromatic rings. The predicted molar refractivity (Wildman–Crippen MR) is 143 cm³/mol. The molecule has 0 radical (unpaired) electrons. The summed E-state index contributed by atoms with van der Waals surface area (Å²) in [6.07, 6.45) is 0.588. The van der Waals surface area contributed by atoms with Crippen LogP contribution in [0, 0.1) is 0 Å². The first kappa shape index (κ1) is 24.9. The van der Waals surface area contributed by atoms with E-state index in [1.165, 1.54) is 4.90 Å². The minimum atomic E-state index is -0.345. The lowest BCUT2D eigenvalue weighted by molar-refractivity contribution is 0.0656. The van der Waals surface area contributed by atoms with Crippen LogP contribution in [0.4, 0.5) is 0 Å². The number of hydrogen-bond acceptors (Lipinski definition) is 5. The molecule has 2 aliphatic rings. The Morgan fingerprint density at radius 3 is 2.19 bits per heavy atom. The van der Waals surface area contributed by atoms with E-state index >= 15 is 0 Å². The number of piperazine rings is 1. The highest BCUT2D eigenvalue weighted by molar-refractivity contribution is 6.22. The lowest BCUT2D eigenvalue weighted by Gasteiger charge is -2.35. The molecule has 37 heavy (non-hydrogen) atoms. The highest BCUT2D eigenvalue weighted by Gasteiger charge is 2.36. The molecule has 1 fully saturated rings. The summed E-state index contributed by atoms with van der Waals surface area (Å²) in [6.45, 7) is 4.90. The number of hydrogen-bond donors (Lipinski definition) is 1. The van der Waals surface area contributed by atoms with Crippen molar-refractivity contribution in [2.24, 2.45) is 0 Å². The van der Waals surface area contributed by atoms with Crippen molar-refractivity contribution < 1.29 is 14.4 Å². The fourth-order valence-corrected chi connectivity index (χ4v) is 4.97. The summed E-state index contributed by atoms with van der Waals surface area (Å²) in [6, 6.07) is 24.3. The molecule has 2 heterocycles. The lowest BCUT2D eigenvalue weighted by Crippen LogP contribution is -2.47. The molecule has 0 bridgehead atoms. The minimum Gasteiger partial charge on any atom is -0.344 e. The Balaban J connectivity index is 1.30. The summed E-state index contributed by atoms with van der Waals surface area (Å²) in [7, 11) is 2.12. The number of nitrogens with one attached hydrogen (secondary N) is 1. The van der Waals surface area contributed by atoms with Crippen LogP contribution in [0.5, 0.6) is 0 Å². The maximum atomic E-state index is 13.4. The zero-order chi connectivity index (χ0) is 25.8. The second-order valence-electron chi connectivity index (χ2n) is 9.80. The Morgan fingerprint density at radius 1 is 0.838 bits per heavy atom. The van der Waals surface area contributed by atoms with Gasteiger partial charge in [-0.3, -0.25) is 24.2 Å². The lowest BCUT2D eigenvalue weighted by atomic mass is 10.0. The zero-order valence-corrected chi connectivity index (χ0v) is 21.1. The molecule has 190 valence electrons. The van der Waals surface area contributed by atoms with E-state index in [0.29, 0.717) is 36.2 Å². The molecule has 7 heteroatoms. The monoisotopic (exact) mass is 496 g/mol. The standard InChI is InChI=1S/C30H32N4O3/c1-32-16-18-33(19-17-32)21-27(23-10-6-3-7-11-23)31-28(35)24-12-13-25-26(20-24)30(37)34(29(25)36)15-14-22-8-4-2-5-9-22/h2-13,20,27H,14-19,21H2,1H3,(H,31,35). The zero-order valence-electron chi connectivity index (χ0n) is 21.1. The van der Waals surface area contributed by atoms with E-state index in [9.17, 15) is 14.4 Å². The van der Waals surface area contributed by atoms with E-state index in [-0.39, 0.29) is 23.8 Å². The Kier molecular flexibility index (Phi) is 7.44. The molecule has 2 aliphatic heterocycles. The number of carbonyl (C=O) groups is 3. The number of nitrogens with zero attached hydrogens (tertiary/aromatic N) is 3. The summed E-state index contributed by atoms with van der Waals surface area (Å²) in [5.74, 6) is -0.906. The van der Waals surface area contributed by atoms with Crippen molar-refractivity contribution in [1.29, 1.82) is 0 Å². The van der Waals surface area contributed by atoms with Gasteiger partial charge in [0.15, 0.2) is 0 Å². The Hall–Kier alpha value is -3.81. The molecule has 0 aromatic heterocycles. The van der Waals surface area contributed by atoms with E-state index in [1.807, 2.05) is 60.7 Å². The van der Waals surface area contributed by atoms with Crippen LogP contribution in [0.2, 0.25) is 0 Å². The van der Waals surface area contributed by atoms with Gasteiger partial charge in [-0.05, 0) is 42.8 Å². The van der Waals surface area contributed by atoms with Crippen molar-refractivity contribution in [1.82, 2.24) is 20.0 Å². The van der Waals surface area contributed by atoms with Crippen molar-refractivity contribution in [2.75, 3.05) is 46.3 Å². The molecule has 0 saturated carbocycles. The van der Waals surface area contributed by atoms with Gasteiger partial charge in [0.05, 0.1) is 17.2 Å². The summed E-state index contributed by atoms with van der Waals surface area (Å²) < 4.78 is 0. The number of imide groups is 1. The van der Waals surface area contributed by atoms with Crippen LogP contribution in [0.15, 0.2) is 78.9 Å². The van der Waals surface area contributed by atoms with Gasteiger partial charge < -0.3 is 10.2 Å². The van der Waals surface area contributed by atoms with Crippen LogP contribution in [-0.2, 0) is 6.42 Å². The van der Waals surface area contributed by atoms with Crippen molar-refractivity contribution in [3.63, 3.8) is 0 Å². The van der Waals surface area contributed by atoms with E-state index in [2.05, 4.69) is 22.2 Å². The number of fused-ring (bicyclic) bond motifs is 1. The maximum absolute atomic E-state index is 13.4. The number of rotatable bonds is 8. The van der Waals surface area contributed by atoms with E-state index in [1.54, 1.807) is 18.2 Å². The number of benzene rings is 3. The van der Waals surface area contributed by atoms with Gasteiger partial charge in [-0.1, -0.05) is 60.7 Å². The van der Waals surface area contributed by atoms with E-state index in [0.717, 1.165) is 37.3 Å². The Morgan fingerprint density at radius 2 is 1.49 bits per heavy atom. The van der Waals surface area contributed by atoms with Crippen molar-refractivity contribution in [3.05, 3.63) is 107 Å². The molecule has 7 nitrogen and oxygen atoms in total. The second-order valence-corrected chi connectivity index (χ2v) is 9.80. The van der Waals surface area contributed by atoms with Crippen LogP contribution in [0.3, 0.4) is 0 Å². The summed E-state index contributed by atoms with van der Waals surface area (Å²) in [5.41, 5.74) is 3.12. The third-order valence-corrected chi connectivity index (χ3v) is 7.24. The third kappa shape index (κ3) is 5.63. The Bertz CT molecular complexity index is 1270. The largest absolute Gasteiger partial charge is 0.344 e. The molecule has 3 amide bonds. The van der Waals surface area contributed by atoms with E-state index in [4.69, 9.17) is 0 Å². The molecular formula is C30H32N4O3. The SMILES string of the molecule is CN1CCN(CC(NC(=O)c2ccc3c(c2)C(=O)N(CCc2ccccc2)C3=O)c2ccccc2)CC1. The van der Waals surface area contributed by atoms with E-state index < -0.39 is 0 Å². The van der Waals surface area contributed by atoms with Crippen LogP contribution in [0.25, 0.3) is 0 Å². The molecule has 3 aromatic carbocycles. The molecule has 0 aliphatic carbocycles. The summed E-state index contributed by atoms with van der Waals surface area (Å²) in [4.78, 5) is 45.3. The molecule has 1 N–H and O–H groups in total. The fraction of sp³-hybridized carbons (Fsp3) is 0.300. The molecule has 5 rings (SSSR count). The van der Waals surface area contributed by atoms with Crippen LogP contribution >= 0.6 is 0 Å². The van der Waals surface area contributed by atoms with Crippen LogP contribution < -0.4 is 5.32 Å². The number of carbonyl (C=O) groups excluding carboxylic acids is 3. The first-order valence-electron chi connectivity index (χ1n) is 12.8. The van der Waals surface area contributed by atoms with Gasteiger partial charge in [-0.15, -0.1) is 0 Å². The average molecular weight is 497 g/mol. The highest BCUT2D eigenvalue weighted by Crippen LogP contribution is 2.25. The maximum Gasteiger partial charge on any atom is 0.261 e. The van der Waals surface area contributed by atoms with Gasteiger partial charge in [-0.25, -0.2) is 0 Å². The minimum absolute atomic E-state index is 0.190. The number of likely N-dealkylation sites (N-methyl/N-ethyl adjacent to an activating group) is 1. The summed E-state index contributed by atoms with van der Waals surface area (Å²) in [5, 5.41) is 3.18. The van der Waals surface area contributed by atoms with Crippen molar-refractivity contribution in [3.8, 4) is 0 Å². The van der Waals surface area contributed by atoms with Crippen LogP contribution in [-0.4, -0.2) is 78.7 Å². The molecule has 1 saturated heterocycles. The fourth-order valence-electron chi connectivity index (χ4n) is 4.97. The second kappa shape index (κ2) is 11.1. The summed E-state index contributed by atoms with van der Waals surface area (Å²) >= 11 is 0. The molecular weight excluding hydrogens is 464 g/mol. The molecule has 1 atom stereocenters. The normalized spacial score (nSPS) is 17.1. The quantitative estimate of drug-likeness (QED) is 0.485. The van der Waals surface area contributed by atoms with Gasteiger partial charge in [-0.2, -0.15) is 0 Å². The van der Waals surface area contributed by atoms with Gasteiger partial charge in [0.1, 0.15) is 0 Å². The average Bonchev–Trinajstić information content (AvgIpc) is 3.17. The van der Waals surface area contributed by atoms with Gasteiger partial charge in [0, 0.05) is 44.8 Å². The van der Waals surface area contributed by atoms with Crippen molar-refractivity contribution >= 4 is 17.7 Å². The smallest absolute Gasteiger partial charge is 0.261 e. The predicted octanol–water partition coefficient (Wildman–Crippen LogP) is 3.24. The van der Waals surface area contributed by atoms with Gasteiger partial charge in [0.25, 0.3) is 17.7 Å².